The molecule has 1 aliphatic heterocycles. The Bertz CT molecular complexity index is 1420. The first-order valence-corrected chi connectivity index (χ1v) is 13.2. The number of hydrogen-bond acceptors (Lipinski definition) is 7. The number of fused-ring (bicyclic) bond motifs is 1. The van der Waals surface area contributed by atoms with Crippen molar-refractivity contribution in [2.24, 2.45) is 4.99 Å². The molecule has 1 aliphatic rings. The van der Waals surface area contributed by atoms with Gasteiger partial charge in [-0.15, -0.1) is 11.3 Å². The van der Waals surface area contributed by atoms with Gasteiger partial charge in [0.25, 0.3) is 5.56 Å². The number of carboxylic acids is 1. The summed E-state index contributed by atoms with van der Waals surface area (Å²) in [5.41, 5.74) is 0.113. The number of ether oxygens (including phenoxy) is 1. The van der Waals surface area contributed by atoms with E-state index < -0.39 is 11.5 Å². The topological polar surface area (TPSA) is 84.1 Å². The van der Waals surface area contributed by atoms with E-state index in [2.05, 4.69) is 9.89 Å². The smallest absolute Gasteiger partial charge is 0.336 e. The van der Waals surface area contributed by atoms with Crippen LogP contribution >= 0.6 is 22.7 Å². The first-order chi connectivity index (χ1) is 16.8. The summed E-state index contributed by atoms with van der Waals surface area (Å²) in [6.45, 7) is 5.22. The van der Waals surface area contributed by atoms with Crippen molar-refractivity contribution in [1.29, 1.82) is 0 Å². The van der Waals surface area contributed by atoms with Crippen molar-refractivity contribution in [2.45, 2.75) is 32.2 Å². The van der Waals surface area contributed by atoms with Crippen LogP contribution in [-0.4, -0.2) is 47.8 Å². The van der Waals surface area contributed by atoms with Gasteiger partial charge in [-0.25, -0.2) is 9.79 Å². The molecule has 0 aliphatic carbocycles. The van der Waals surface area contributed by atoms with Crippen LogP contribution in [0.4, 0.5) is 0 Å². The monoisotopic (exact) mass is 511 g/mol. The molecule has 0 spiro atoms. The van der Waals surface area contributed by atoms with Gasteiger partial charge in [0.1, 0.15) is 11.3 Å². The van der Waals surface area contributed by atoms with E-state index in [4.69, 9.17) is 4.74 Å². The number of carbonyl (C=O) groups is 1. The molecule has 1 unspecified atom stereocenters. The van der Waals surface area contributed by atoms with E-state index in [1.807, 2.05) is 68.9 Å². The van der Waals surface area contributed by atoms with Crippen LogP contribution in [0.3, 0.4) is 0 Å². The van der Waals surface area contributed by atoms with Crippen molar-refractivity contribution in [2.75, 3.05) is 27.2 Å². The number of rotatable bonds is 9. The second kappa shape index (κ2) is 10.3. The van der Waals surface area contributed by atoms with Crippen LogP contribution in [0.15, 0.2) is 62.8 Å². The number of allylic oxidation sites excluding steroid dienone is 1. The third-order valence-electron chi connectivity index (χ3n) is 6.08. The Hall–Kier alpha value is -3.01. The number of carboxylic acid groups (broad SMARTS) is 1. The van der Waals surface area contributed by atoms with E-state index in [9.17, 15) is 14.7 Å². The molecule has 2 aromatic heterocycles. The summed E-state index contributed by atoms with van der Waals surface area (Å²) < 4.78 is 7.89. The number of nitrogens with zero attached hydrogens (tertiary/aromatic N) is 3. The van der Waals surface area contributed by atoms with Gasteiger partial charge in [0, 0.05) is 11.4 Å². The van der Waals surface area contributed by atoms with Crippen LogP contribution in [0.1, 0.15) is 37.1 Å². The Balaban J connectivity index is 1.74. The minimum Gasteiger partial charge on any atom is -0.494 e. The Kier molecular flexibility index (Phi) is 7.39. The van der Waals surface area contributed by atoms with Crippen molar-refractivity contribution < 1.29 is 14.6 Å². The fourth-order valence-electron chi connectivity index (χ4n) is 4.47. The lowest BCUT2D eigenvalue weighted by atomic mass is 9.83. The zero-order chi connectivity index (χ0) is 25.2. The maximum Gasteiger partial charge on any atom is 0.336 e. The molecule has 3 aromatic rings. The lowest BCUT2D eigenvalue weighted by molar-refractivity contribution is -0.133. The molecule has 0 saturated carbocycles. The van der Waals surface area contributed by atoms with Crippen LogP contribution in [-0.2, 0) is 10.3 Å². The van der Waals surface area contributed by atoms with E-state index in [0.29, 0.717) is 28.1 Å². The number of thiophene rings is 1. The van der Waals surface area contributed by atoms with Crippen LogP contribution in [0.2, 0.25) is 0 Å². The average molecular weight is 512 g/mol. The van der Waals surface area contributed by atoms with Crippen LogP contribution in [0.25, 0.3) is 6.08 Å². The number of aromatic nitrogens is 1. The normalized spacial score (nSPS) is 18.0. The van der Waals surface area contributed by atoms with Crippen molar-refractivity contribution in [1.82, 2.24) is 9.47 Å². The first kappa shape index (κ1) is 25.1. The molecule has 3 heterocycles. The SMILES string of the molecule is CCC1(c2cccs2)C(C(=O)O)=C(C)N=c2s/c(=C\c3ccc(OCCCN(C)C)cc3)c(=O)n21. The maximum absolute atomic E-state index is 13.7. The van der Waals surface area contributed by atoms with Gasteiger partial charge in [0.2, 0.25) is 0 Å². The third-order valence-corrected chi connectivity index (χ3v) is 8.07. The number of hydrogen-bond donors (Lipinski definition) is 1. The number of aliphatic carboxylic acids is 1. The third kappa shape index (κ3) is 4.76. The van der Waals surface area contributed by atoms with Gasteiger partial charge in [-0.3, -0.25) is 9.36 Å². The molecule has 0 fully saturated rings. The summed E-state index contributed by atoms with van der Waals surface area (Å²) >= 11 is 2.73. The van der Waals surface area contributed by atoms with Crippen molar-refractivity contribution in [3.05, 3.63) is 83.2 Å². The molecular formula is C26H29N3O4S2. The number of benzene rings is 1. The highest BCUT2D eigenvalue weighted by Gasteiger charge is 2.46. The quantitative estimate of drug-likeness (QED) is 0.446. The van der Waals surface area contributed by atoms with Crippen molar-refractivity contribution >= 4 is 34.7 Å². The van der Waals surface area contributed by atoms with Gasteiger partial charge < -0.3 is 14.7 Å². The fraction of sp³-hybridized carbons (Fsp3) is 0.346. The van der Waals surface area contributed by atoms with E-state index in [1.165, 1.54) is 22.7 Å². The minimum atomic E-state index is -1.09. The predicted octanol–water partition coefficient (Wildman–Crippen LogP) is 3.28. The summed E-state index contributed by atoms with van der Waals surface area (Å²) in [7, 11) is 4.07. The molecule has 1 aromatic carbocycles. The average Bonchev–Trinajstić information content (AvgIpc) is 3.46. The fourth-order valence-corrected chi connectivity index (χ4v) is 6.54. The molecule has 4 rings (SSSR count). The molecule has 1 atom stereocenters. The second-order valence-corrected chi connectivity index (χ2v) is 10.6. The summed E-state index contributed by atoms with van der Waals surface area (Å²) in [4.78, 5) is 34.1. The van der Waals surface area contributed by atoms with Gasteiger partial charge in [-0.05, 0) is 69.1 Å². The van der Waals surface area contributed by atoms with E-state index in [0.717, 1.165) is 29.2 Å². The van der Waals surface area contributed by atoms with Crippen LogP contribution in [0, 0.1) is 0 Å². The zero-order valence-corrected chi connectivity index (χ0v) is 21.9. The van der Waals surface area contributed by atoms with Crippen molar-refractivity contribution in [3.63, 3.8) is 0 Å². The molecule has 0 saturated heterocycles. The highest BCUT2D eigenvalue weighted by molar-refractivity contribution is 7.10. The largest absolute Gasteiger partial charge is 0.494 e. The molecule has 7 nitrogen and oxygen atoms in total. The summed E-state index contributed by atoms with van der Waals surface area (Å²) in [6.07, 6.45) is 3.19. The van der Waals surface area contributed by atoms with Gasteiger partial charge in [-0.1, -0.05) is 36.5 Å². The Labute approximate surface area is 212 Å². The lowest BCUT2D eigenvalue weighted by Crippen LogP contribution is -2.52. The molecule has 1 N–H and O–H groups in total. The van der Waals surface area contributed by atoms with Crippen molar-refractivity contribution in [3.8, 4) is 5.75 Å². The Morgan fingerprint density at radius 1 is 1.26 bits per heavy atom. The highest BCUT2D eigenvalue weighted by atomic mass is 32.1. The highest BCUT2D eigenvalue weighted by Crippen LogP contribution is 2.41. The van der Waals surface area contributed by atoms with E-state index in [-0.39, 0.29) is 11.1 Å². The van der Waals surface area contributed by atoms with E-state index in [1.54, 1.807) is 11.5 Å². The molecule has 9 heteroatoms. The standard InChI is InChI=1S/C26H29N3O4S2/c1-5-26(21-8-6-15-34-21)22(24(31)32)17(2)27-25-29(26)23(30)20(35-25)16-18-9-11-19(12-10-18)33-14-7-13-28(3)4/h6,8-12,15-16H,5,7,13-14H2,1-4H3,(H,31,32)/b20-16-. The lowest BCUT2D eigenvalue weighted by Gasteiger charge is -2.36. The van der Waals surface area contributed by atoms with Gasteiger partial charge in [0.05, 0.1) is 22.4 Å². The predicted molar refractivity (Wildman–Crippen MR) is 140 cm³/mol. The van der Waals surface area contributed by atoms with Gasteiger partial charge in [0.15, 0.2) is 4.80 Å². The molecule has 184 valence electrons. The Morgan fingerprint density at radius 3 is 2.60 bits per heavy atom. The maximum atomic E-state index is 13.7. The molecule has 0 amide bonds. The van der Waals surface area contributed by atoms with Gasteiger partial charge in [-0.2, -0.15) is 0 Å². The van der Waals surface area contributed by atoms with E-state index >= 15 is 0 Å². The van der Waals surface area contributed by atoms with Crippen LogP contribution in [0.5, 0.6) is 5.75 Å². The summed E-state index contributed by atoms with van der Waals surface area (Å²) in [5.74, 6) is -0.274. The molecule has 35 heavy (non-hydrogen) atoms. The Morgan fingerprint density at radius 2 is 2.00 bits per heavy atom. The van der Waals surface area contributed by atoms with Crippen LogP contribution < -0.4 is 19.6 Å². The minimum absolute atomic E-state index is 0.150. The summed E-state index contributed by atoms with van der Waals surface area (Å²) in [6, 6.07) is 11.4. The molecule has 0 radical (unpaired) electrons. The number of thiazole rings is 1. The zero-order valence-electron chi connectivity index (χ0n) is 20.3. The molecular weight excluding hydrogens is 482 g/mol. The molecule has 0 bridgehead atoms. The summed E-state index contributed by atoms with van der Waals surface area (Å²) in [5, 5.41) is 12.0. The first-order valence-electron chi connectivity index (χ1n) is 11.5. The van der Waals surface area contributed by atoms with Gasteiger partial charge >= 0.3 is 5.97 Å². The second-order valence-electron chi connectivity index (χ2n) is 8.68.